The predicted molar refractivity (Wildman–Crippen MR) is 83.1 cm³/mol. The maximum atomic E-state index is 10.6. The minimum absolute atomic E-state index is 0.0950. The number of fused-ring (bicyclic) bond motifs is 1. The summed E-state index contributed by atoms with van der Waals surface area (Å²) < 4.78 is 7.34. The average molecular weight is 339 g/mol. The van der Waals surface area contributed by atoms with Gasteiger partial charge in [-0.2, -0.15) is 0 Å². The number of ether oxygens (including phenoxy) is 1. The first-order chi connectivity index (χ1) is 11.4. The van der Waals surface area contributed by atoms with Crippen molar-refractivity contribution in [3.8, 4) is 0 Å². The molecule has 3 heterocycles. The summed E-state index contributed by atoms with van der Waals surface area (Å²) >= 11 is 0. The van der Waals surface area contributed by atoms with Gasteiger partial charge in [0.2, 0.25) is 5.79 Å². The maximum Gasteiger partial charge on any atom is 0.207 e. The minimum Gasteiger partial charge on any atom is -0.387 e. The minimum atomic E-state index is -1.72. The molecule has 0 radical (unpaired) electrons. The molecule has 24 heavy (non-hydrogen) atoms. The number of hydrogen-bond donors (Lipinski definition) is 4. The van der Waals surface area contributed by atoms with Crippen LogP contribution in [-0.4, -0.2) is 73.3 Å². The van der Waals surface area contributed by atoms with E-state index in [1.54, 1.807) is 16.5 Å². The van der Waals surface area contributed by atoms with E-state index in [9.17, 15) is 10.2 Å². The molecule has 1 fully saturated rings. The van der Waals surface area contributed by atoms with E-state index in [0.29, 0.717) is 24.3 Å². The number of aromatic nitrogens is 4. The van der Waals surface area contributed by atoms with Gasteiger partial charge in [-0.1, -0.05) is 0 Å². The molecule has 0 aromatic carbocycles. The molecule has 0 bridgehead atoms. The predicted octanol–water partition coefficient (Wildman–Crippen LogP) is -1.80. The number of imidazole rings is 1. The fourth-order valence-corrected chi connectivity index (χ4v) is 2.81. The van der Waals surface area contributed by atoms with Gasteiger partial charge in [-0.25, -0.2) is 20.8 Å². The van der Waals surface area contributed by atoms with Crippen LogP contribution >= 0.6 is 0 Å². The molecule has 3 atom stereocenters. The number of aliphatic hydroxyl groups is 2. The van der Waals surface area contributed by atoms with Crippen molar-refractivity contribution >= 4 is 17.0 Å². The summed E-state index contributed by atoms with van der Waals surface area (Å²) in [6.07, 6.45) is 1.33. The number of rotatable bonds is 6. The Hall–Kier alpha value is -1.89. The van der Waals surface area contributed by atoms with Crippen LogP contribution in [-0.2, 0) is 9.57 Å². The molecule has 6 N–H and O–H groups in total. The van der Waals surface area contributed by atoms with E-state index in [0.717, 1.165) is 0 Å². The molecule has 0 saturated carbocycles. The van der Waals surface area contributed by atoms with Gasteiger partial charge in [-0.3, -0.25) is 9.47 Å². The van der Waals surface area contributed by atoms with Crippen LogP contribution in [0.4, 0.5) is 5.82 Å². The van der Waals surface area contributed by atoms with Crippen molar-refractivity contribution in [2.24, 2.45) is 5.90 Å². The van der Waals surface area contributed by atoms with Gasteiger partial charge in [0.15, 0.2) is 11.5 Å². The summed E-state index contributed by atoms with van der Waals surface area (Å²) in [7, 11) is 1.76. The van der Waals surface area contributed by atoms with E-state index in [1.165, 1.54) is 12.7 Å². The smallest absolute Gasteiger partial charge is 0.207 e. The van der Waals surface area contributed by atoms with Gasteiger partial charge in [0.1, 0.15) is 24.2 Å². The molecule has 0 amide bonds. The van der Waals surface area contributed by atoms with E-state index < -0.39 is 18.1 Å². The summed E-state index contributed by atoms with van der Waals surface area (Å²) in [4.78, 5) is 18.5. The normalized spacial score (nSPS) is 27.4. The zero-order valence-corrected chi connectivity index (χ0v) is 13.2. The highest BCUT2D eigenvalue weighted by atomic mass is 16.7. The van der Waals surface area contributed by atoms with Crippen LogP contribution in [0.5, 0.6) is 0 Å². The van der Waals surface area contributed by atoms with Crippen molar-refractivity contribution in [3.05, 3.63) is 12.7 Å². The highest BCUT2D eigenvalue weighted by Crippen LogP contribution is 2.37. The molecule has 132 valence electrons. The Balaban J connectivity index is 1.78. The summed E-state index contributed by atoms with van der Waals surface area (Å²) in [5, 5.41) is 20.9. The van der Waals surface area contributed by atoms with E-state index in [4.69, 9.17) is 16.4 Å². The molecule has 3 rings (SSSR count). The third-order valence-corrected chi connectivity index (χ3v) is 4.07. The van der Waals surface area contributed by atoms with Gasteiger partial charge in [0.25, 0.3) is 0 Å². The molecular formula is C13H21N7O4. The van der Waals surface area contributed by atoms with Crippen molar-refractivity contribution in [2.75, 3.05) is 32.5 Å². The lowest BCUT2D eigenvalue weighted by Gasteiger charge is -2.30. The van der Waals surface area contributed by atoms with E-state index in [-0.39, 0.29) is 18.8 Å². The zero-order valence-electron chi connectivity index (χ0n) is 13.2. The first-order valence-corrected chi connectivity index (χ1v) is 7.46. The van der Waals surface area contributed by atoms with E-state index >= 15 is 0 Å². The third kappa shape index (κ3) is 3.05. The van der Waals surface area contributed by atoms with Gasteiger partial charge in [-0.05, 0) is 7.05 Å². The number of nitrogens with zero attached hydrogens (tertiary/aromatic N) is 5. The highest BCUT2D eigenvalue weighted by molar-refractivity contribution is 5.81. The second-order valence-electron chi connectivity index (χ2n) is 5.86. The van der Waals surface area contributed by atoms with Gasteiger partial charge in [0.05, 0.1) is 19.5 Å². The molecule has 3 unspecified atom stereocenters. The van der Waals surface area contributed by atoms with Gasteiger partial charge in [0, 0.05) is 13.0 Å². The van der Waals surface area contributed by atoms with Crippen molar-refractivity contribution in [1.82, 2.24) is 24.4 Å². The summed E-state index contributed by atoms with van der Waals surface area (Å²) in [6.45, 7) is 0.879. The Bertz CT molecular complexity index is 711. The van der Waals surface area contributed by atoms with Gasteiger partial charge < -0.3 is 25.5 Å². The standard InChI is InChI=1S/C13H21N7O4/c1-19(2-3-23-15)5-13(22)8(21)4-9(24-13)20-7-18-10-11(14)16-6-17-12(10)20/h6-9,21-22H,2-5,15H2,1H3,(H2,14,16,17). The van der Waals surface area contributed by atoms with Crippen LogP contribution in [0.15, 0.2) is 12.7 Å². The Morgan fingerprint density at radius 1 is 1.50 bits per heavy atom. The summed E-state index contributed by atoms with van der Waals surface area (Å²) in [5.41, 5.74) is 6.69. The number of nitrogens with two attached hydrogens (primary N) is 2. The third-order valence-electron chi connectivity index (χ3n) is 4.07. The Morgan fingerprint density at radius 3 is 3.04 bits per heavy atom. The monoisotopic (exact) mass is 339 g/mol. The largest absolute Gasteiger partial charge is 0.387 e. The highest BCUT2D eigenvalue weighted by Gasteiger charge is 2.48. The molecule has 2 aromatic rings. The van der Waals surface area contributed by atoms with E-state index in [1.807, 2.05) is 0 Å². The lowest BCUT2D eigenvalue weighted by atomic mass is 10.1. The maximum absolute atomic E-state index is 10.6. The number of likely N-dealkylation sites (N-methyl/N-ethyl adjacent to an activating group) is 1. The lowest BCUT2D eigenvalue weighted by molar-refractivity contribution is -0.244. The number of anilines is 1. The lowest BCUT2D eigenvalue weighted by Crippen LogP contribution is -2.49. The fraction of sp³-hybridized carbons (Fsp3) is 0.615. The topological polar surface area (TPSA) is 158 Å². The van der Waals surface area contributed by atoms with Crippen LogP contribution in [0.2, 0.25) is 0 Å². The molecule has 0 aliphatic carbocycles. The zero-order chi connectivity index (χ0) is 17.3. The van der Waals surface area contributed by atoms with Crippen LogP contribution in [0.25, 0.3) is 11.2 Å². The quantitative estimate of drug-likeness (QED) is 0.442. The first-order valence-electron chi connectivity index (χ1n) is 7.46. The molecule has 1 saturated heterocycles. The molecule has 1 aliphatic rings. The van der Waals surface area contributed by atoms with Crippen molar-refractivity contribution in [2.45, 2.75) is 24.5 Å². The van der Waals surface area contributed by atoms with Crippen molar-refractivity contribution < 1.29 is 19.8 Å². The Morgan fingerprint density at radius 2 is 2.29 bits per heavy atom. The molecule has 11 nitrogen and oxygen atoms in total. The molecule has 1 aliphatic heterocycles. The van der Waals surface area contributed by atoms with Crippen LogP contribution in [0.1, 0.15) is 12.6 Å². The van der Waals surface area contributed by atoms with Crippen LogP contribution in [0.3, 0.4) is 0 Å². The molecule has 0 spiro atoms. The summed E-state index contributed by atoms with van der Waals surface area (Å²) in [6, 6.07) is 0. The van der Waals surface area contributed by atoms with Crippen molar-refractivity contribution in [3.63, 3.8) is 0 Å². The second-order valence-corrected chi connectivity index (χ2v) is 5.86. The SMILES string of the molecule is CN(CCON)CC1(O)OC(n2cnc3c(N)ncnc32)CC1O. The van der Waals surface area contributed by atoms with Crippen LogP contribution in [0, 0.1) is 0 Å². The number of nitrogen functional groups attached to an aromatic ring is 1. The second kappa shape index (κ2) is 6.55. The fourth-order valence-electron chi connectivity index (χ4n) is 2.81. The Kier molecular flexibility index (Phi) is 4.62. The van der Waals surface area contributed by atoms with Gasteiger partial charge in [-0.15, -0.1) is 0 Å². The first kappa shape index (κ1) is 17.0. The van der Waals surface area contributed by atoms with E-state index in [2.05, 4.69) is 19.8 Å². The molecular weight excluding hydrogens is 318 g/mol. The van der Waals surface area contributed by atoms with Gasteiger partial charge >= 0.3 is 0 Å². The van der Waals surface area contributed by atoms with Crippen molar-refractivity contribution in [1.29, 1.82) is 0 Å². The average Bonchev–Trinajstić information content (AvgIpc) is 3.08. The van der Waals surface area contributed by atoms with Crippen LogP contribution < -0.4 is 11.6 Å². The molecule has 2 aromatic heterocycles. The molecule has 11 heteroatoms. The summed E-state index contributed by atoms with van der Waals surface area (Å²) in [5.74, 6) is 3.53. The number of aliphatic hydroxyl groups excluding tert-OH is 1. The number of hydrogen-bond acceptors (Lipinski definition) is 10. The Labute approximate surface area is 137 Å².